The minimum Gasteiger partial charge on any atom is -0.351 e. The number of halogens is 1. The quantitative estimate of drug-likeness (QED) is 0.627. The Morgan fingerprint density at radius 3 is 2.64 bits per heavy atom. The number of carbonyl (C=O) groups is 1. The van der Waals surface area contributed by atoms with Crippen molar-refractivity contribution in [2.45, 2.75) is 50.0 Å². The second kappa shape index (κ2) is 8.42. The molecule has 1 saturated carbocycles. The Labute approximate surface area is 136 Å². The molecule has 22 heavy (non-hydrogen) atoms. The fourth-order valence-electron chi connectivity index (χ4n) is 3.01. The number of amides is 2. The SMILES string of the molecule is CC1CCC(N(CCCSc2ccccc2F)C(N)=O)CC1. The summed E-state index contributed by atoms with van der Waals surface area (Å²) in [5.41, 5.74) is 5.54. The molecule has 0 aliphatic heterocycles. The average Bonchev–Trinajstić information content (AvgIpc) is 2.50. The van der Waals surface area contributed by atoms with Gasteiger partial charge in [-0.05, 0) is 55.9 Å². The van der Waals surface area contributed by atoms with E-state index < -0.39 is 0 Å². The monoisotopic (exact) mass is 324 g/mol. The van der Waals surface area contributed by atoms with Gasteiger partial charge in [0.1, 0.15) is 5.82 Å². The Bertz CT molecular complexity index is 489. The first-order valence-electron chi connectivity index (χ1n) is 8.01. The Morgan fingerprint density at radius 2 is 2.00 bits per heavy atom. The fraction of sp³-hybridized carbons (Fsp3) is 0.588. The maximum absolute atomic E-state index is 13.5. The number of urea groups is 1. The summed E-state index contributed by atoms with van der Waals surface area (Å²) in [6.07, 6.45) is 5.25. The van der Waals surface area contributed by atoms with Crippen molar-refractivity contribution >= 4 is 17.8 Å². The van der Waals surface area contributed by atoms with Gasteiger partial charge in [-0.25, -0.2) is 9.18 Å². The van der Waals surface area contributed by atoms with Gasteiger partial charge in [0.05, 0.1) is 0 Å². The third-order valence-corrected chi connectivity index (χ3v) is 5.48. The molecule has 122 valence electrons. The van der Waals surface area contributed by atoms with E-state index in [0.29, 0.717) is 11.4 Å². The van der Waals surface area contributed by atoms with Crippen LogP contribution in [0.25, 0.3) is 0 Å². The van der Waals surface area contributed by atoms with Gasteiger partial charge >= 0.3 is 6.03 Å². The van der Waals surface area contributed by atoms with Gasteiger partial charge in [-0.2, -0.15) is 0 Å². The Balaban J connectivity index is 1.77. The van der Waals surface area contributed by atoms with E-state index in [-0.39, 0.29) is 17.9 Å². The zero-order valence-corrected chi connectivity index (χ0v) is 13.9. The van der Waals surface area contributed by atoms with Crippen LogP contribution in [-0.4, -0.2) is 29.3 Å². The van der Waals surface area contributed by atoms with E-state index in [9.17, 15) is 9.18 Å². The molecule has 0 heterocycles. The first-order valence-corrected chi connectivity index (χ1v) is 9.00. The second-order valence-corrected chi connectivity index (χ2v) is 7.21. The van der Waals surface area contributed by atoms with Gasteiger partial charge in [-0.1, -0.05) is 19.1 Å². The molecule has 2 amide bonds. The Kier molecular flexibility index (Phi) is 6.55. The number of benzene rings is 1. The molecule has 5 heteroatoms. The summed E-state index contributed by atoms with van der Waals surface area (Å²) < 4.78 is 13.5. The van der Waals surface area contributed by atoms with Crippen molar-refractivity contribution in [1.29, 1.82) is 0 Å². The third kappa shape index (κ3) is 4.90. The van der Waals surface area contributed by atoms with Crippen LogP contribution < -0.4 is 5.73 Å². The minimum absolute atomic E-state index is 0.180. The van der Waals surface area contributed by atoms with Crippen molar-refractivity contribution in [3.05, 3.63) is 30.1 Å². The van der Waals surface area contributed by atoms with Crippen LogP contribution in [0, 0.1) is 11.7 Å². The number of primary amides is 1. The second-order valence-electron chi connectivity index (χ2n) is 6.08. The molecule has 1 aliphatic carbocycles. The van der Waals surface area contributed by atoms with Crippen LogP contribution in [0.5, 0.6) is 0 Å². The van der Waals surface area contributed by atoms with E-state index in [1.807, 2.05) is 11.0 Å². The Hall–Kier alpha value is -1.23. The molecular weight excluding hydrogens is 299 g/mol. The Morgan fingerprint density at radius 1 is 1.32 bits per heavy atom. The maximum atomic E-state index is 13.5. The number of rotatable bonds is 6. The smallest absolute Gasteiger partial charge is 0.315 e. The van der Waals surface area contributed by atoms with Gasteiger partial charge < -0.3 is 10.6 Å². The molecule has 0 saturated heterocycles. The third-order valence-electron chi connectivity index (χ3n) is 4.35. The van der Waals surface area contributed by atoms with Crippen LogP contribution >= 0.6 is 11.8 Å². The minimum atomic E-state index is -0.324. The van der Waals surface area contributed by atoms with Gasteiger partial charge in [0.15, 0.2) is 0 Å². The van der Waals surface area contributed by atoms with Crippen LogP contribution in [-0.2, 0) is 0 Å². The molecule has 0 bridgehead atoms. The lowest BCUT2D eigenvalue weighted by molar-refractivity contribution is 0.153. The topological polar surface area (TPSA) is 46.3 Å². The highest BCUT2D eigenvalue weighted by molar-refractivity contribution is 7.99. The van der Waals surface area contributed by atoms with E-state index in [2.05, 4.69) is 6.92 Å². The summed E-state index contributed by atoms with van der Waals surface area (Å²) in [6, 6.07) is 6.75. The molecule has 1 aliphatic rings. The maximum Gasteiger partial charge on any atom is 0.315 e. The molecule has 0 aromatic heterocycles. The van der Waals surface area contributed by atoms with Gasteiger partial charge in [0.2, 0.25) is 0 Å². The highest BCUT2D eigenvalue weighted by atomic mass is 32.2. The average molecular weight is 324 g/mol. The molecule has 0 spiro atoms. The van der Waals surface area contributed by atoms with E-state index >= 15 is 0 Å². The summed E-state index contributed by atoms with van der Waals surface area (Å²) in [7, 11) is 0. The molecule has 0 atom stereocenters. The van der Waals surface area contributed by atoms with Gasteiger partial charge in [0.25, 0.3) is 0 Å². The fourth-order valence-corrected chi connectivity index (χ4v) is 3.88. The molecule has 2 rings (SSSR count). The summed E-state index contributed by atoms with van der Waals surface area (Å²) >= 11 is 1.49. The van der Waals surface area contributed by atoms with Crippen molar-refractivity contribution in [1.82, 2.24) is 4.90 Å². The number of hydrogen-bond acceptors (Lipinski definition) is 2. The normalized spacial score (nSPS) is 21.5. The number of nitrogens with two attached hydrogens (primary N) is 1. The zero-order valence-electron chi connectivity index (χ0n) is 13.1. The highest BCUT2D eigenvalue weighted by Crippen LogP contribution is 2.27. The molecule has 1 fully saturated rings. The van der Waals surface area contributed by atoms with Gasteiger partial charge in [0, 0.05) is 17.5 Å². The molecule has 1 aromatic carbocycles. The lowest BCUT2D eigenvalue weighted by Gasteiger charge is -2.35. The number of thioether (sulfide) groups is 1. The van der Waals surface area contributed by atoms with Crippen molar-refractivity contribution in [3.63, 3.8) is 0 Å². The lowest BCUT2D eigenvalue weighted by Crippen LogP contribution is -2.45. The van der Waals surface area contributed by atoms with Crippen molar-refractivity contribution < 1.29 is 9.18 Å². The first kappa shape index (κ1) is 17.1. The van der Waals surface area contributed by atoms with E-state index in [4.69, 9.17) is 5.73 Å². The molecule has 2 N–H and O–H groups in total. The summed E-state index contributed by atoms with van der Waals surface area (Å²) in [5.74, 6) is 1.36. The molecule has 0 radical (unpaired) electrons. The zero-order chi connectivity index (χ0) is 15.9. The van der Waals surface area contributed by atoms with Crippen LogP contribution in [0.2, 0.25) is 0 Å². The summed E-state index contributed by atoms with van der Waals surface area (Å²) in [6.45, 7) is 2.92. The van der Waals surface area contributed by atoms with Crippen LogP contribution in [0.3, 0.4) is 0 Å². The van der Waals surface area contributed by atoms with Crippen molar-refractivity contribution in [2.24, 2.45) is 11.7 Å². The van der Waals surface area contributed by atoms with Crippen LogP contribution in [0.4, 0.5) is 9.18 Å². The van der Waals surface area contributed by atoms with Crippen molar-refractivity contribution in [2.75, 3.05) is 12.3 Å². The molecular formula is C17H25FN2OS. The van der Waals surface area contributed by atoms with Crippen LogP contribution in [0.1, 0.15) is 39.0 Å². The standard InChI is InChI=1S/C17H25FN2OS/c1-13-7-9-14(10-8-13)20(17(19)21)11-4-12-22-16-6-3-2-5-15(16)18/h2-3,5-6,13-14H,4,7-12H2,1H3,(H2,19,21). The van der Waals surface area contributed by atoms with Gasteiger partial charge in [-0.15, -0.1) is 11.8 Å². The number of hydrogen-bond donors (Lipinski definition) is 1. The number of carbonyl (C=O) groups excluding carboxylic acids is 1. The lowest BCUT2D eigenvalue weighted by atomic mass is 9.86. The summed E-state index contributed by atoms with van der Waals surface area (Å²) in [4.78, 5) is 14.2. The highest BCUT2D eigenvalue weighted by Gasteiger charge is 2.25. The number of nitrogens with zero attached hydrogens (tertiary/aromatic N) is 1. The van der Waals surface area contributed by atoms with Crippen molar-refractivity contribution in [3.8, 4) is 0 Å². The van der Waals surface area contributed by atoms with Crippen LogP contribution in [0.15, 0.2) is 29.2 Å². The van der Waals surface area contributed by atoms with E-state index in [1.165, 1.54) is 30.7 Å². The molecule has 3 nitrogen and oxygen atoms in total. The predicted octanol–water partition coefficient (Wildman–Crippen LogP) is 4.27. The predicted molar refractivity (Wildman–Crippen MR) is 89.5 cm³/mol. The van der Waals surface area contributed by atoms with E-state index in [1.54, 1.807) is 12.1 Å². The largest absolute Gasteiger partial charge is 0.351 e. The van der Waals surface area contributed by atoms with E-state index in [0.717, 1.165) is 30.9 Å². The first-order chi connectivity index (χ1) is 10.6. The van der Waals surface area contributed by atoms with Gasteiger partial charge in [-0.3, -0.25) is 0 Å². The molecule has 0 unspecified atom stereocenters. The molecule has 1 aromatic rings. The summed E-state index contributed by atoms with van der Waals surface area (Å²) in [5, 5.41) is 0.